The number of alkyl halides is 3. The number of carbonyl (C=O) groups excluding carboxylic acids is 1. The first kappa shape index (κ1) is 14.1. The van der Waals surface area contributed by atoms with Gasteiger partial charge in [-0.3, -0.25) is 4.79 Å². The Bertz CT molecular complexity index is 444. The lowest BCUT2D eigenvalue weighted by atomic mass is 10.1. The molecule has 0 aliphatic rings. The highest BCUT2D eigenvalue weighted by molar-refractivity contribution is 5.96. The van der Waals surface area contributed by atoms with Gasteiger partial charge in [0.15, 0.2) is 0 Å². The van der Waals surface area contributed by atoms with Gasteiger partial charge in [0, 0.05) is 19.7 Å². The van der Waals surface area contributed by atoms with Gasteiger partial charge in [-0.2, -0.15) is 13.2 Å². The van der Waals surface area contributed by atoms with Gasteiger partial charge in [0.1, 0.15) is 6.54 Å². The molecule has 1 amide bonds. The average molecular weight is 261 g/mol. The predicted octanol–water partition coefficient (Wildman–Crippen LogP) is 1.63. The number of carbonyl (C=O) groups is 1. The normalized spacial score (nSPS) is 11.2. The maximum absolute atomic E-state index is 11.9. The fourth-order valence-electron chi connectivity index (χ4n) is 1.39. The van der Waals surface area contributed by atoms with Gasteiger partial charge in [-0.25, -0.2) is 0 Å². The number of anilines is 2. The van der Waals surface area contributed by atoms with E-state index in [0.29, 0.717) is 11.4 Å². The summed E-state index contributed by atoms with van der Waals surface area (Å²) in [6.07, 6.45) is -4.43. The lowest BCUT2D eigenvalue weighted by molar-refractivity contribution is -0.123. The molecule has 0 aliphatic carbocycles. The van der Waals surface area contributed by atoms with Crippen molar-refractivity contribution in [1.82, 2.24) is 5.32 Å². The van der Waals surface area contributed by atoms with Crippen LogP contribution in [0.4, 0.5) is 24.5 Å². The first-order chi connectivity index (χ1) is 8.20. The third-order valence-corrected chi connectivity index (χ3v) is 2.22. The number of halogens is 3. The van der Waals surface area contributed by atoms with Crippen LogP contribution in [0.1, 0.15) is 10.4 Å². The number of nitrogens with two attached hydrogens (primary N) is 1. The summed E-state index contributed by atoms with van der Waals surface area (Å²) in [5.74, 6) is -0.802. The molecule has 0 heterocycles. The maximum Gasteiger partial charge on any atom is 0.405 e. The lowest BCUT2D eigenvalue weighted by Crippen LogP contribution is -2.33. The Labute approximate surface area is 103 Å². The summed E-state index contributed by atoms with van der Waals surface area (Å²) in [4.78, 5) is 13.2. The van der Waals surface area contributed by atoms with Crippen molar-refractivity contribution in [2.24, 2.45) is 0 Å². The zero-order chi connectivity index (χ0) is 13.9. The first-order valence-corrected chi connectivity index (χ1v) is 5.12. The highest BCUT2D eigenvalue weighted by Crippen LogP contribution is 2.22. The number of hydrogen-bond acceptors (Lipinski definition) is 3. The Morgan fingerprint density at radius 2 is 2.00 bits per heavy atom. The molecule has 0 fully saturated rings. The summed E-state index contributed by atoms with van der Waals surface area (Å²) >= 11 is 0. The fraction of sp³-hybridized carbons (Fsp3) is 0.364. The lowest BCUT2D eigenvalue weighted by Gasteiger charge is -2.16. The third kappa shape index (κ3) is 3.83. The van der Waals surface area contributed by atoms with Crippen LogP contribution in [0.15, 0.2) is 18.2 Å². The summed E-state index contributed by atoms with van der Waals surface area (Å²) in [6.45, 7) is -1.36. The minimum Gasteiger partial charge on any atom is -0.397 e. The van der Waals surface area contributed by atoms with E-state index in [9.17, 15) is 18.0 Å². The van der Waals surface area contributed by atoms with Crippen molar-refractivity contribution in [2.75, 3.05) is 31.3 Å². The molecule has 4 nitrogen and oxygen atoms in total. The number of nitrogen functional groups attached to an aromatic ring is 1. The Balaban J connectivity index is 2.79. The van der Waals surface area contributed by atoms with Crippen LogP contribution in [0, 0.1) is 0 Å². The number of benzene rings is 1. The van der Waals surface area contributed by atoms with Crippen molar-refractivity contribution in [3.8, 4) is 0 Å². The van der Waals surface area contributed by atoms with E-state index in [0.717, 1.165) is 0 Å². The molecule has 0 bridgehead atoms. The molecule has 0 aromatic heterocycles. The predicted molar refractivity (Wildman–Crippen MR) is 63.6 cm³/mol. The minimum absolute atomic E-state index is 0.0994. The van der Waals surface area contributed by atoms with Crippen LogP contribution in [0.2, 0.25) is 0 Å². The fourth-order valence-corrected chi connectivity index (χ4v) is 1.39. The molecule has 0 radical (unpaired) electrons. The van der Waals surface area contributed by atoms with E-state index in [1.807, 2.05) is 0 Å². The highest BCUT2D eigenvalue weighted by Gasteiger charge is 2.27. The van der Waals surface area contributed by atoms with Crippen LogP contribution >= 0.6 is 0 Å². The molecule has 1 aromatic rings. The molecule has 0 saturated heterocycles. The number of nitrogens with zero attached hydrogens (tertiary/aromatic N) is 1. The van der Waals surface area contributed by atoms with Crippen LogP contribution in [-0.2, 0) is 0 Å². The second-order valence-electron chi connectivity index (χ2n) is 3.97. The van der Waals surface area contributed by atoms with Crippen LogP contribution in [0.3, 0.4) is 0 Å². The van der Waals surface area contributed by atoms with E-state index >= 15 is 0 Å². The monoisotopic (exact) mass is 261 g/mol. The van der Waals surface area contributed by atoms with Crippen molar-refractivity contribution < 1.29 is 18.0 Å². The van der Waals surface area contributed by atoms with Gasteiger partial charge in [-0.15, -0.1) is 0 Å². The van der Waals surface area contributed by atoms with Crippen molar-refractivity contribution >= 4 is 17.3 Å². The van der Waals surface area contributed by atoms with E-state index < -0.39 is 18.6 Å². The number of rotatable bonds is 3. The summed E-state index contributed by atoms with van der Waals surface area (Å²) < 4.78 is 35.8. The van der Waals surface area contributed by atoms with E-state index in [1.54, 1.807) is 30.4 Å². The van der Waals surface area contributed by atoms with Crippen molar-refractivity contribution in [1.29, 1.82) is 0 Å². The number of amides is 1. The quantitative estimate of drug-likeness (QED) is 0.813. The second kappa shape index (κ2) is 5.16. The molecular formula is C11H14F3N3O. The smallest absolute Gasteiger partial charge is 0.397 e. The van der Waals surface area contributed by atoms with Crippen LogP contribution < -0.4 is 16.0 Å². The Morgan fingerprint density at radius 3 is 2.44 bits per heavy atom. The SMILES string of the molecule is CN(C)c1ccc(C(=O)NCC(F)(F)F)cc1N. The third-order valence-electron chi connectivity index (χ3n) is 2.22. The second-order valence-corrected chi connectivity index (χ2v) is 3.97. The molecule has 7 heteroatoms. The maximum atomic E-state index is 11.9. The summed E-state index contributed by atoms with van der Waals surface area (Å²) in [5, 5.41) is 1.78. The van der Waals surface area contributed by atoms with E-state index in [-0.39, 0.29) is 5.56 Å². The van der Waals surface area contributed by atoms with Crippen LogP contribution in [0.25, 0.3) is 0 Å². The van der Waals surface area contributed by atoms with Gasteiger partial charge in [0.25, 0.3) is 5.91 Å². The van der Waals surface area contributed by atoms with Crippen molar-refractivity contribution in [3.63, 3.8) is 0 Å². The molecule has 0 atom stereocenters. The Hall–Kier alpha value is -1.92. The van der Waals surface area contributed by atoms with Gasteiger partial charge < -0.3 is 16.0 Å². The topological polar surface area (TPSA) is 58.4 Å². The van der Waals surface area contributed by atoms with Gasteiger partial charge in [-0.05, 0) is 18.2 Å². The van der Waals surface area contributed by atoms with E-state index in [2.05, 4.69) is 0 Å². The number of hydrogen-bond donors (Lipinski definition) is 2. The van der Waals surface area contributed by atoms with Gasteiger partial charge in [0.2, 0.25) is 0 Å². The van der Waals surface area contributed by atoms with Crippen molar-refractivity contribution in [2.45, 2.75) is 6.18 Å². The molecule has 0 spiro atoms. The molecule has 18 heavy (non-hydrogen) atoms. The van der Waals surface area contributed by atoms with Gasteiger partial charge >= 0.3 is 6.18 Å². The molecule has 1 rings (SSSR count). The van der Waals surface area contributed by atoms with E-state index in [4.69, 9.17) is 5.73 Å². The number of nitrogens with one attached hydrogen (secondary N) is 1. The van der Waals surface area contributed by atoms with Crippen molar-refractivity contribution in [3.05, 3.63) is 23.8 Å². The Kier molecular flexibility index (Phi) is 4.05. The minimum atomic E-state index is -4.43. The average Bonchev–Trinajstić information content (AvgIpc) is 2.24. The van der Waals surface area contributed by atoms with E-state index in [1.165, 1.54) is 12.1 Å². The molecule has 1 aromatic carbocycles. The molecule has 3 N–H and O–H groups in total. The van der Waals surface area contributed by atoms with Crippen LogP contribution in [0.5, 0.6) is 0 Å². The molecule has 0 aliphatic heterocycles. The van der Waals surface area contributed by atoms with Gasteiger partial charge in [-0.1, -0.05) is 0 Å². The standard InChI is InChI=1S/C11H14F3N3O/c1-17(2)9-4-3-7(5-8(9)15)10(18)16-6-11(12,13)14/h3-5H,6,15H2,1-2H3,(H,16,18). The largest absolute Gasteiger partial charge is 0.405 e. The zero-order valence-electron chi connectivity index (χ0n) is 10.0. The highest BCUT2D eigenvalue weighted by atomic mass is 19.4. The molecule has 0 unspecified atom stereocenters. The Morgan fingerprint density at radius 1 is 1.39 bits per heavy atom. The molecule has 100 valence electrons. The summed E-state index contributed by atoms with van der Waals surface area (Å²) in [7, 11) is 3.55. The molecule has 0 saturated carbocycles. The van der Waals surface area contributed by atoms with Gasteiger partial charge in [0.05, 0.1) is 11.4 Å². The zero-order valence-corrected chi connectivity index (χ0v) is 10.0. The summed E-state index contributed by atoms with van der Waals surface area (Å²) in [5.41, 5.74) is 6.83. The molecular weight excluding hydrogens is 247 g/mol. The first-order valence-electron chi connectivity index (χ1n) is 5.12. The van der Waals surface area contributed by atoms with Crippen LogP contribution in [-0.4, -0.2) is 32.7 Å². The summed E-state index contributed by atoms with van der Waals surface area (Å²) in [6, 6.07) is 4.36.